The number of aliphatic imine (C=N–C) groups is 1. The molecule has 0 saturated carbocycles. The van der Waals surface area contributed by atoms with Crippen molar-refractivity contribution in [1.82, 2.24) is 4.98 Å². The van der Waals surface area contributed by atoms with Gasteiger partial charge in [-0.1, -0.05) is 42.5 Å². The fraction of sp³-hybridized carbons (Fsp3) is 0.100. The summed E-state index contributed by atoms with van der Waals surface area (Å²) in [6.07, 6.45) is 2.86. The highest BCUT2D eigenvalue weighted by Gasteiger charge is 2.36. The van der Waals surface area contributed by atoms with Gasteiger partial charge in [-0.2, -0.15) is 0 Å². The lowest BCUT2D eigenvalue weighted by atomic mass is 9.84. The number of benzene rings is 2. The van der Waals surface area contributed by atoms with Gasteiger partial charge in [0.05, 0.1) is 6.20 Å². The highest BCUT2D eigenvalue weighted by Crippen LogP contribution is 2.40. The Morgan fingerprint density at radius 2 is 1.79 bits per heavy atom. The van der Waals surface area contributed by atoms with E-state index in [2.05, 4.69) is 18.0 Å². The first-order valence-electron chi connectivity index (χ1n) is 7.74. The molecular weight excluding hydrogens is 301 g/mol. The molecule has 118 valence electrons. The summed E-state index contributed by atoms with van der Waals surface area (Å²) >= 11 is 0. The SMILES string of the molecule is CC1(c2cccc(-c3cncc(F)c3)c2)N=C(N)c2ccccc21. The van der Waals surface area contributed by atoms with Crippen LogP contribution in [-0.4, -0.2) is 10.8 Å². The molecule has 0 radical (unpaired) electrons. The van der Waals surface area contributed by atoms with Crippen molar-refractivity contribution in [1.29, 1.82) is 0 Å². The minimum Gasteiger partial charge on any atom is -0.383 e. The average Bonchev–Trinajstić information content (AvgIpc) is 2.88. The summed E-state index contributed by atoms with van der Waals surface area (Å²) in [5.41, 5.74) is 10.3. The molecule has 3 nitrogen and oxygen atoms in total. The maximum atomic E-state index is 13.5. The molecule has 0 aliphatic carbocycles. The summed E-state index contributed by atoms with van der Waals surface area (Å²) in [5.74, 6) is 0.198. The lowest BCUT2D eigenvalue weighted by Gasteiger charge is -2.24. The third-order valence-corrected chi connectivity index (χ3v) is 4.53. The number of nitrogens with two attached hydrogens (primary N) is 1. The van der Waals surface area contributed by atoms with Crippen LogP contribution in [0.5, 0.6) is 0 Å². The topological polar surface area (TPSA) is 51.3 Å². The minimum atomic E-state index is -0.544. The van der Waals surface area contributed by atoms with Gasteiger partial charge in [-0.25, -0.2) is 4.39 Å². The monoisotopic (exact) mass is 317 g/mol. The molecule has 2 heterocycles. The number of hydrogen-bond acceptors (Lipinski definition) is 3. The third kappa shape index (κ3) is 2.19. The summed E-state index contributed by atoms with van der Waals surface area (Å²) in [7, 11) is 0. The first-order chi connectivity index (χ1) is 11.6. The van der Waals surface area contributed by atoms with Crippen molar-refractivity contribution < 1.29 is 4.39 Å². The zero-order valence-corrected chi connectivity index (χ0v) is 13.2. The molecule has 4 heteroatoms. The molecule has 0 amide bonds. The van der Waals surface area contributed by atoms with Gasteiger partial charge in [-0.15, -0.1) is 0 Å². The Bertz CT molecular complexity index is 964. The largest absolute Gasteiger partial charge is 0.383 e. The van der Waals surface area contributed by atoms with Crippen molar-refractivity contribution in [2.75, 3.05) is 0 Å². The number of amidine groups is 1. The zero-order valence-electron chi connectivity index (χ0n) is 13.2. The van der Waals surface area contributed by atoms with Gasteiger partial charge in [-0.3, -0.25) is 9.98 Å². The predicted molar refractivity (Wildman–Crippen MR) is 93.3 cm³/mol. The van der Waals surface area contributed by atoms with Crippen LogP contribution in [0.25, 0.3) is 11.1 Å². The molecule has 2 aromatic carbocycles. The molecule has 2 N–H and O–H groups in total. The van der Waals surface area contributed by atoms with Crippen LogP contribution in [-0.2, 0) is 5.54 Å². The van der Waals surface area contributed by atoms with Gasteiger partial charge in [0.2, 0.25) is 0 Å². The summed E-state index contributed by atoms with van der Waals surface area (Å²) < 4.78 is 13.5. The van der Waals surface area contributed by atoms with Crippen molar-refractivity contribution in [2.45, 2.75) is 12.5 Å². The first-order valence-corrected chi connectivity index (χ1v) is 7.74. The van der Waals surface area contributed by atoms with Crippen LogP contribution in [0.2, 0.25) is 0 Å². The second-order valence-electron chi connectivity index (χ2n) is 6.09. The smallest absolute Gasteiger partial charge is 0.142 e. The van der Waals surface area contributed by atoms with E-state index in [0.717, 1.165) is 27.8 Å². The fourth-order valence-corrected chi connectivity index (χ4v) is 3.28. The molecule has 0 saturated heterocycles. The Balaban J connectivity index is 1.86. The molecule has 1 aliphatic rings. The van der Waals surface area contributed by atoms with Crippen molar-refractivity contribution >= 4 is 5.84 Å². The zero-order chi connectivity index (χ0) is 16.7. The van der Waals surface area contributed by atoms with E-state index in [0.29, 0.717) is 5.84 Å². The molecule has 0 bridgehead atoms. The van der Waals surface area contributed by atoms with E-state index in [1.54, 1.807) is 6.20 Å². The Labute approximate surface area is 139 Å². The van der Waals surface area contributed by atoms with E-state index in [-0.39, 0.29) is 5.82 Å². The van der Waals surface area contributed by atoms with Gasteiger partial charge in [0.1, 0.15) is 17.2 Å². The number of halogens is 1. The number of hydrogen-bond donors (Lipinski definition) is 1. The first kappa shape index (κ1) is 14.6. The maximum absolute atomic E-state index is 13.5. The lowest BCUT2D eigenvalue weighted by molar-refractivity contribution is 0.620. The van der Waals surface area contributed by atoms with Crippen LogP contribution in [0.1, 0.15) is 23.6 Å². The van der Waals surface area contributed by atoms with E-state index in [9.17, 15) is 4.39 Å². The fourth-order valence-electron chi connectivity index (χ4n) is 3.28. The van der Waals surface area contributed by atoms with Crippen LogP contribution >= 0.6 is 0 Å². The van der Waals surface area contributed by atoms with Crippen molar-refractivity contribution in [3.05, 3.63) is 89.5 Å². The quantitative estimate of drug-likeness (QED) is 0.780. The van der Waals surface area contributed by atoms with Gasteiger partial charge in [0, 0.05) is 17.3 Å². The second-order valence-corrected chi connectivity index (χ2v) is 6.09. The maximum Gasteiger partial charge on any atom is 0.142 e. The van der Waals surface area contributed by atoms with Gasteiger partial charge in [0.15, 0.2) is 0 Å². The standard InChI is InChI=1S/C20H16FN3/c1-20(18-8-3-2-7-17(18)19(22)24-20)15-6-4-5-13(9-15)14-10-16(21)12-23-11-14/h2-12H,1H3,(H2,22,24). The molecule has 24 heavy (non-hydrogen) atoms. The van der Waals surface area contributed by atoms with E-state index >= 15 is 0 Å². The van der Waals surface area contributed by atoms with E-state index in [4.69, 9.17) is 10.7 Å². The molecule has 3 aromatic rings. The molecule has 4 rings (SSSR count). The number of rotatable bonds is 2. The van der Waals surface area contributed by atoms with Crippen molar-refractivity contribution in [3.8, 4) is 11.1 Å². The van der Waals surface area contributed by atoms with Crippen LogP contribution < -0.4 is 5.73 Å². The van der Waals surface area contributed by atoms with Crippen molar-refractivity contribution in [2.24, 2.45) is 10.7 Å². The molecule has 0 fully saturated rings. The molecule has 1 atom stereocenters. The van der Waals surface area contributed by atoms with Gasteiger partial charge < -0.3 is 5.73 Å². The average molecular weight is 317 g/mol. The van der Waals surface area contributed by atoms with Crippen LogP contribution in [0.15, 0.2) is 72.0 Å². The second kappa shape index (κ2) is 5.27. The van der Waals surface area contributed by atoms with Gasteiger partial charge >= 0.3 is 0 Å². The van der Waals surface area contributed by atoms with Crippen molar-refractivity contribution in [3.63, 3.8) is 0 Å². The lowest BCUT2D eigenvalue weighted by Crippen LogP contribution is -2.18. The third-order valence-electron chi connectivity index (χ3n) is 4.53. The van der Waals surface area contributed by atoms with E-state index in [1.165, 1.54) is 12.3 Å². The normalized spacial score (nSPS) is 19.0. The highest BCUT2D eigenvalue weighted by atomic mass is 19.1. The van der Waals surface area contributed by atoms with E-state index < -0.39 is 5.54 Å². The van der Waals surface area contributed by atoms with Crippen LogP contribution in [0, 0.1) is 5.82 Å². The Morgan fingerprint density at radius 3 is 2.62 bits per heavy atom. The highest BCUT2D eigenvalue weighted by molar-refractivity contribution is 6.02. The van der Waals surface area contributed by atoms with Crippen LogP contribution in [0.4, 0.5) is 4.39 Å². The van der Waals surface area contributed by atoms with Crippen LogP contribution in [0.3, 0.4) is 0 Å². The summed E-state index contributed by atoms with van der Waals surface area (Å²) in [4.78, 5) is 8.65. The van der Waals surface area contributed by atoms with Gasteiger partial charge in [-0.05, 0) is 35.7 Å². The molecule has 1 aromatic heterocycles. The summed E-state index contributed by atoms with van der Waals surface area (Å²) in [6, 6.07) is 17.4. The number of pyridine rings is 1. The summed E-state index contributed by atoms with van der Waals surface area (Å²) in [5, 5.41) is 0. The molecule has 1 unspecified atom stereocenters. The predicted octanol–water partition coefficient (Wildman–Crippen LogP) is 3.87. The molecule has 1 aliphatic heterocycles. The Morgan fingerprint density at radius 1 is 0.958 bits per heavy atom. The Hall–Kier alpha value is -3.01. The minimum absolute atomic E-state index is 0.349. The molecule has 0 spiro atoms. The van der Waals surface area contributed by atoms with E-state index in [1.807, 2.05) is 42.5 Å². The summed E-state index contributed by atoms with van der Waals surface area (Å²) in [6.45, 7) is 2.05. The molecular formula is C20H16FN3. The number of nitrogens with zero attached hydrogens (tertiary/aromatic N) is 2. The number of fused-ring (bicyclic) bond motifs is 1. The number of aromatic nitrogens is 1. The van der Waals surface area contributed by atoms with Gasteiger partial charge in [0.25, 0.3) is 0 Å². The Kier molecular flexibility index (Phi) is 3.20.